The van der Waals surface area contributed by atoms with Crippen LogP contribution in [-0.2, 0) is 33.2 Å². The van der Waals surface area contributed by atoms with E-state index in [0.29, 0.717) is 25.7 Å². The van der Waals surface area contributed by atoms with Gasteiger partial charge in [-0.3, -0.25) is 0 Å². The Hall–Kier alpha value is -0.680. The van der Waals surface area contributed by atoms with Gasteiger partial charge in [-0.25, -0.2) is 0 Å². The van der Waals surface area contributed by atoms with Crippen molar-refractivity contribution in [3.63, 3.8) is 0 Å². The van der Waals surface area contributed by atoms with Crippen LogP contribution in [0, 0.1) is 44.8 Å². The van der Waals surface area contributed by atoms with Crippen LogP contribution in [0.15, 0.2) is 0 Å². The molecular weight excluding hydrogens is 812 g/mol. The predicted octanol–water partition coefficient (Wildman–Crippen LogP) is -0.173. The molecule has 0 aromatic carbocycles. The van der Waals surface area contributed by atoms with Crippen LogP contribution in [0.2, 0.25) is 0 Å². The van der Waals surface area contributed by atoms with Gasteiger partial charge in [0.2, 0.25) is 0 Å². The Kier molecular flexibility index (Phi) is 11.5. The lowest BCUT2D eigenvalue weighted by molar-refractivity contribution is -0.359. The molecule has 0 aromatic heterocycles. The summed E-state index contributed by atoms with van der Waals surface area (Å²) in [6.07, 6.45) is -12.2. The van der Waals surface area contributed by atoms with Crippen LogP contribution in [0.4, 0.5) is 0 Å². The Bertz CT molecular complexity index is 1660. The number of ether oxygens (including phenoxy) is 7. The first kappa shape index (κ1) is 46.4. The van der Waals surface area contributed by atoms with E-state index in [0.717, 1.165) is 32.1 Å². The molecule has 5 aliphatic carbocycles. The molecule has 5 saturated carbocycles. The molecule has 0 bridgehead atoms. The highest BCUT2D eigenvalue weighted by Gasteiger charge is 2.85. The van der Waals surface area contributed by atoms with Crippen LogP contribution in [0.5, 0.6) is 0 Å². The van der Waals surface area contributed by atoms with Crippen LogP contribution in [-0.4, -0.2) is 180 Å². The second-order valence-electron chi connectivity index (χ2n) is 23.0. The van der Waals surface area contributed by atoms with Crippen LogP contribution < -0.4 is 0 Å². The molecular formula is C45H74O17. The third kappa shape index (κ3) is 6.72. The van der Waals surface area contributed by atoms with Crippen molar-refractivity contribution >= 4 is 0 Å². The van der Waals surface area contributed by atoms with E-state index < -0.39 is 109 Å². The number of aliphatic hydroxyl groups excluding tert-OH is 9. The average molecular weight is 887 g/mol. The Morgan fingerprint density at radius 3 is 1.74 bits per heavy atom. The third-order valence-electron chi connectivity index (χ3n) is 18.9. The zero-order valence-corrected chi connectivity index (χ0v) is 37.3. The van der Waals surface area contributed by atoms with E-state index in [1.54, 1.807) is 13.8 Å². The monoisotopic (exact) mass is 886 g/mol. The molecule has 0 aromatic rings. The predicted molar refractivity (Wildman–Crippen MR) is 214 cm³/mol. The molecule has 9 rings (SSSR count). The van der Waals surface area contributed by atoms with E-state index in [2.05, 4.69) is 34.6 Å². The van der Waals surface area contributed by atoms with Crippen molar-refractivity contribution < 1.29 is 84.2 Å². The topological polar surface area (TPSA) is 267 Å². The fourth-order valence-electron chi connectivity index (χ4n) is 15.8. The Morgan fingerprint density at radius 2 is 1.15 bits per heavy atom. The molecule has 0 amide bonds. The minimum Gasteiger partial charge on any atom is -0.393 e. The summed E-state index contributed by atoms with van der Waals surface area (Å²) in [4.78, 5) is 0. The van der Waals surface area contributed by atoms with Gasteiger partial charge in [-0.1, -0.05) is 27.7 Å². The standard InChI is InChI=1S/C45H74O17/c1-39(2)26(60-38-33(30(52)23(49)18-58-38)61-37-32(54)29(51)22(48)17-57-37)9-11-45-19-44(45)13-12-41(5)34(43(7)10-8-27(62-43)40(3,4)55)20(46)15-42(41,6)25(44)14-24(35(39)45)59-36-31(53)28(50)21(47)16-56-36/h20-38,46-55H,8-19H2,1-7H3/t20-,21+,22+,23-,24-,25-,26-,27-,28-,29-,30+,31-,32-,33+,34-,35-,36-,37+,38+,41+,42-,43+,44-,45+/m0/s1. The molecule has 17 heteroatoms. The maximum atomic E-state index is 12.3. The van der Waals surface area contributed by atoms with Gasteiger partial charge in [0.25, 0.3) is 0 Å². The summed E-state index contributed by atoms with van der Waals surface area (Å²) in [5, 5.41) is 109. The Balaban J connectivity index is 1.03. The first-order valence-electron chi connectivity index (χ1n) is 23.2. The molecule has 24 atom stereocenters. The summed E-state index contributed by atoms with van der Waals surface area (Å²) >= 11 is 0. The van der Waals surface area contributed by atoms with Gasteiger partial charge in [0.05, 0.1) is 55.4 Å². The first-order chi connectivity index (χ1) is 28.8. The van der Waals surface area contributed by atoms with Crippen molar-refractivity contribution in [1.29, 1.82) is 0 Å². The van der Waals surface area contributed by atoms with Gasteiger partial charge in [-0.05, 0) is 117 Å². The Labute approximate surface area is 363 Å². The summed E-state index contributed by atoms with van der Waals surface area (Å²) in [5.41, 5.74) is -3.33. The zero-order valence-electron chi connectivity index (χ0n) is 37.3. The molecule has 9 fully saturated rings. The van der Waals surface area contributed by atoms with Crippen LogP contribution in [0.3, 0.4) is 0 Å². The molecule has 9 aliphatic rings. The highest BCUT2D eigenvalue weighted by Crippen LogP contribution is 2.89. The fourth-order valence-corrected chi connectivity index (χ4v) is 15.8. The zero-order chi connectivity index (χ0) is 44.9. The van der Waals surface area contributed by atoms with Crippen LogP contribution in [0.1, 0.15) is 106 Å². The second kappa shape index (κ2) is 15.4. The van der Waals surface area contributed by atoms with Gasteiger partial charge in [0.15, 0.2) is 18.9 Å². The van der Waals surface area contributed by atoms with Gasteiger partial charge in [-0.15, -0.1) is 0 Å². The lowest BCUT2D eigenvalue weighted by Gasteiger charge is -2.65. The van der Waals surface area contributed by atoms with E-state index in [-0.39, 0.29) is 65.3 Å². The normalized spacial score (nSPS) is 58.5. The van der Waals surface area contributed by atoms with Gasteiger partial charge >= 0.3 is 0 Å². The molecule has 356 valence electrons. The number of hydrogen-bond donors (Lipinski definition) is 10. The minimum absolute atomic E-state index is 0.0927. The summed E-state index contributed by atoms with van der Waals surface area (Å²) in [5.74, 6) is -0.256. The SMILES string of the molecule is CC(C)(O)[C@@H]1CC[C@](C)([C@H]2[C@@H](O)C[C@@]3(C)[C@@H]4C[C@H](O[C@@H]5OC[C@@H](O)[C@H](O)[C@@H]5O)[C@H]5C(C)(C)[C@@H](O[C@H]6OC[C@H](O)[C@@H](O)[C@H]6O[C@H]6OC[C@@H](O)[C@H](O)[C@@H]6O)CC[C@@]56C[C@@]46CC[C@]23C)O1. The molecule has 4 heterocycles. The Morgan fingerprint density at radius 1 is 0.565 bits per heavy atom. The van der Waals surface area contributed by atoms with E-state index in [9.17, 15) is 51.1 Å². The maximum Gasteiger partial charge on any atom is 0.186 e. The molecule has 4 aliphatic heterocycles. The van der Waals surface area contributed by atoms with Gasteiger partial charge in [-0.2, -0.15) is 0 Å². The molecule has 62 heavy (non-hydrogen) atoms. The highest BCUT2D eigenvalue weighted by atomic mass is 16.8. The van der Waals surface area contributed by atoms with Crippen molar-refractivity contribution in [1.82, 2.24) is 0 Å². The average Bonchev–Trinajstić information content (AvgIpc) is 3.56. The van der Waals surface area contributed by atoms with Gasteiger partial charge in [0, 0.05) is 5.92 Å². The molecule has 0 radical (unpaired) electrons. The minimum atomic E-state index is -1.65. The first-order valence-corrected chi connectivity index (χ1v) is 23.2. The fraction of sp³-hybridized carbons (Fsp3) is 1.00. The van der Waals surface area contributed by atoms with E-state index >= 15 is 0 Å². The van der Waals surface area contributed by atoms with E-state index in [4.69, 9.17) is 33.2 Å². The van der Waals surface area contributed by atoms with Crippen molar-refractivity contribution in [2.75, 3.05) is 19.8 Å². The van der Waals surface area contributed by atoms with Crippen molar-refractivity contribution in [3.05, 3.63) is 0 Å². The summed E-state index contributed by atoms with van der Waals surface area (Å²) in [6.45, 7) is 13.8. The maximum absolute atomic E-state index is 12.3. The molecule has 10 N–H and O–H groups in total. The summed E-state index contributed by atoms with van der Waals surface area (Å²) in [7, 11) is 0. The summed E-state index contributed by atoms with van der Waals surface area (Å²) in [6, 6.07) is 0. The quantitative estimate of drug-likeness (QED) is 0.142. The number of hydrogen-bond acceptors (Lipinski definition) is 17. The van der Waals surface area contributed by atoms with E-state index in [1.165, 1.54) is 0 Å². The van der Waals surface area contributed by atoms with Crippen LogP contribution in [0.25, 0.3) is 0 Å². The van der Waals surface area contributed by atoms with Crippen molar-refractivity contribution in [3.8, 4) is 0 Å². The molecule has 2 spiro atoms. The lowest BCUT2D eigenvalue weighted by atomic mass is 9.41. The molecule has 17 nitrogen and oxygen atoms in total. The number of fused-ring (bicyclic) bond motifs is 2. The van der Waals surface area contributed by atoms with Crippen molar-refractivity contribution in [2.45, 2.75) is 216 Å². The van der Waals surface area contributed by atoms with Gasteiger partial charge < -0.3 is 84.2 Å². The largest absolute Gasteiger partial charge is 0.393 e. The summed E-state index contributed by atoms with van der Waals surface area (Å²) < 4.78 is 44.0. The van der Waals surface area contributed by atoms with Crippen molar-refractivity contribution in [2.24, 2.45) is 44.8 Å². The second-order valence-corrected chi connectivity index (χ2v) is 23.0. The highest BCUT2D eigenvalue weighted by molar-refractivity contribution is 5.33. The van der Waals surface area contributed by atoms with Gasteiger partial charge in [0.1, 0.15) is 54.9 Å². The number of rotatable bonds is 8. The van der Waals surface area contributed by atoms with Crippen LogP contribution >= 0.6 is 0 Å². The molecule has 4 saturated heterocycles. The molecule has 0 unspecified atom stereocenters. The smallest absolute Gasteiger partial charge is 0.186 e. The number of aliphatic hydroxyl groups is 10. The lowest BCUT2D eigenvalue weighted by Crippen LogP contribution is -2.65. The van der Waals surface area contributed by atoms with E-state index in [1.807, 2.05) is 0 Å². The third-order valence-corrected chi connectivity index (χ3v) is 18.9.